The molecule has 0 aliphatic heterocycles. The van der Waals surface area contributed by atoms with Crippen LogP contribution in [-0.2, 0) is 0 Å². The summed E-state index contributed by atoms with van der Waals surface area (Å²) in [5.74, 6) is -1.10. The van der Waals surface area contributed by atoms with Gasteiger partial charge in [-0.05, 0) is 28.5 Å². The first-order chi connectivity index (χ1) is 15.5. The first-order valence-electron chi connectivity index (χ1n) is 8.82. The Bertz CT molecular complexity index is 1340. The van der Waals surface area contributed by atoms with Gasteiger partial charge in [-0.15, -0.1) is 0 Å². The minimum Gasteiger partial charge on any atom is -0.500 e. The number of hydrogen-bond donors (Lipinski definition) is 3. The first kappa shape index (κ1) is 20.4. The van der Waals surface area contributed by atoms with Gasteiger partial charge in [-0.3, -0.25) is 15.5 Å². The number of methoxy groups -OCH3 is 1. The minimum absolute atomic E-state index is 0.0490. The first-order valence-corrected chi connectivity index (χ1v) is 8.82. The van der Waals surface area contributed by atoms with Crippen molar-refractivity contribution in [3.8, 4) is 11.5 Å². The van der Waals surface area contributed by atoms with E-state index in [0.717, 1.165) is 6.07 Å². The molecule has 4 rings (SSSR count). The van der Waals surface area contributed by atoms with E-state index >= 15 is 0 Å². The van der Waals surface area contributed by atoms with Crippen LogP contribution in [0.4, 0.5) is 27.4 Å². The van der Waals surface area contributed by atoms with Gasteiger partial charge < -0.3 is 15.2 Å². The molecule has 13 nitrogen and oxygen atoms in total. The van der Waals surface area contributed by atoms with Gasteiger partial charge in [0.2, 0.25) is 17.0 Å². The molecular formula is C18H13FN8O5. The van der Waals surface area contributed by atoms with Gasteiger partial charge in [0.25, 0.3) is 0 Å². The number of phenolic OH excluding ortho intramolecular Hbond substituents is 1. The molecule has 162 valence electrons. The number of anilines is 3. The maximum Gasteiger partial charge on any atom is 0.315 e. The zero-order valence-electron chi connectivity index (χ0n) is 16.2. The number of nitrogens with one attached hydrogen (secondary N) is 2. The van der Waals surface area contributed by atoms with E-state index in [9.17, 15) is 19.6 Å². The van der Waals surface area contributed by atoms with E-state index in [2.05, 4.69) is 40.8 Å². The topological polar surface area (TPSA) is 174 Å². The van der Waals surface area contributed by atoms with Crippen molar-refractivity contribution in [2.24, 2.45) is 5.10 Å². The zero-order valence-corrected chi connectivity index (χ0v) is 16.2. The number of aromatic nitrogens is 4. The molecule has 2 heterocycles. The number of halogens is 1. The molecule has 0 unspecified atom stereocenters. The fourth-order valence-electron chi connectivity index (χ4n) is 2.64. The number of hydrogen-bond acceptors (Lipinski definition) is 12. The van der Waals surface area contributed by atoms with Crippen LogP contribution >= 0.6 is 0 Å². The van der Waals surface area contributed by atoms with Crippen molar-refractivity contribution in [3.63, 3.8) is 0 Å². The largest absolute Gasteiger partial charge is 0.500 e. The van der Waals surface area contributed by atoms with E-state index in [-0.39, 0.29) is 39.9 Å². The highest BCUT2D eigenvalue weighted by atomic mass is 19.1. The molecule has 3 N–H and O–H groups in total. The Morgan fingerprint density at radius 2 is 1.94 bits per heavy atom. The van der Waals surface area contributed by atoms with E-state index in [1.165, 1.54) is 37.6 Å². The molecular weight excluding hydrogens is 427 g/mol. The van der Waals surface area contributed by atoms with Crippen molar-refractivity contribution >= 4 is 40.5 Å². The molecule has 0 aliphatic carbocycles. The van der Waals surface area contributed by atoms with Crippen LogP contribution in [0.5, 0.6) is 11.5 Å². The van der Waals surface area contributed by atoms with Crippen molar-refractivity contribution < 1.29 is 23.8 Å². The van der Waals surface area contributed by atoms with Crippen LogP contribution in [-0.4, -0.2) is 43.6 Å². The number of nitrogens with zero attached hydrogens (tertiary/aromatic N) is 6. The van der Waals surface area contributed by atoms with Gasteiger partial charge in [-0.25, -0.2) is 14.0 Å². The molecule has 4 aromatic rings. The van der Waals surface area contributed by atoms with Gasteiger partial charge in [0.15, 0.2) is 17.4 Å². The average molecular weight is 440 g/mol. The number of ether oxygens (including phenoxy) is 1. The van der Waals surface area contributed by atoms with Crippen molar-refractivity contribution in [3.05, 3.63) is 57.9 Å². The van der Waals surface area contributed by atoms with Crippen LogP contribution in [0.1, 0.15) is 5.56 Å². The molecule has 0 saturated carbocycles. The van der Waals surface area contributed by atoms with E-state index < -0.39 is 22.2 Å². The molecule has 0 aliphatic rings. The summed E-state index contributed by atoms with van der Waals surface area (Å²) in [5, 5.41) is 35.0. The summed E-state index contributed by atoms with van der Waals surface area (Å²) in [4.78, 5) is 18.7. The third-order valence-electron chi connectivity index (χ3n) is 4.12. The van der Waals surface area contributed by atoms with Gasteiger partial charge in [-0.1, -0.05) is 12.1 Å². The molecule has 0 spiro atoms. The maximum absolute atomic E-state index is 14.0. The lowest BCUT2D eigenvalue weighted by Gasteiger charge is -2.10. The summed E-state index contributed by atoms with van der Waals surface area (Å²) in [5.41, 5.74) is 2.59. The van der Waals surface area contributed by atoms with Gasteiger partial charge in [0.05, 0.1) is 23.9 Å². The predicted octanol–water partition coefficient (Wildman–Crippen LogP) is 2.96. The SMILES string of the molecule is COc1cc(/C=N/Nc2nc3nonc3nc2Nc2ccccc2F)cc([N+](=O)[O-])c1O. The number of nitro benzene ring substituents is 1. The summed E-state index contributed by atoms with van der Waals surface area (Å²) in [7, 11) is 1.26. The van der Waals surface area contributed by atoms with Gasteiger partial charge in [0.1, 0.15) is 5.82 Å². The quantitative estimate of drug-likeness (QED) is 0.219. The number of rotatable bonds is 7. The normalized spacial score (nSPS) is 11.1. The highest BCUT2D eigenvalue weighted by Gasteiger charge is 2.19. The lowest BCUT2D eigenvalue weighted by atomic mass is 10.2. The fourth-order valence-corrected chi connectivity index (χ4v) is 2.64. The summed E-state index contributed by atoms with van der Waals surface area (Å²) < 4.78 is 23.6. The molecule has 2 aromatic carbocycles. The smallest absolute Gasteiger partial charge is 0.315 e. The number of fused-ring (bicyclic) bond motifs is 1. The number of para-hydroxylation sites is 1. The number of aromatic hydroxyl groups is 1. The monoisotopic (exact) mass is 440 g/mol. The van der Waals surface area contributed by atoms with E-state index in [0.29, 0.717) is 0 Å². The molecule has 0 amide bonds. The van der Waals surface area contributed by atoms with Gasteiger partial charge >= 0.3 is 5.69 Å². The van der Waals surface area contributed by atoms with Crippen LogP contribution in [0.15, 0.2) is 46.1 Å². The third-order valence-corrected chi connectivity index (χ3v) is 4.12. The molecule has 14 heteroatoms. The van der Waals surface area contributed by atoms with E-state index in [1.807, 2.05) is 0 Å². The van der Waals surface area contributed by atoms with Crippen LogP contribution < -0.4 is 15.5 Å². The lowest BCUT2D eigenvalue weighted by Crippen LogP contribution is -2.04. The van der Waals surface area contributed by atoms with Crippen molar-refractivity contribution in [1.29, 1.82) is 0 Å². The van der Waals surface area contributed by atoms with E-state index in [4.69, 9.17) is 4.74 Å². The number of benzene rings is 2. The van der Waals surface area contributed by atoms with Gasteiger partial charge in [-0.2, -0.15) is 10.1 Å². The van der Waals surface area contributed by atoms with Gasteiger partial charge in [0, 0.05) is 11.6 Å². The second-order valence-corrected chi connectivity index (χ2v) is 6.16. The number of nitro groups is 1. The van der Waals surface area contributed by atoms with Crippen molar-refractivity contribution in [1.82, 2.24) is 20.3 Å². The summed E-state index contributed by atoms with van der Waals surface area (Å²) >= 11 is 0. The third kappa shape index (κ3) is 4.04. The van der Waals surface area contributed by atoms with Crippen LogP contribution in [0.3, 0.4) is 0 Å². The highest BCUT2D eigenvalue weighted by Crippen LogP contribution is 2.36. The highest BCUT2D eigenvalue weighted by molar-refractivity contribution is 5.84. The second-order valence-electron chi connectivity index (χ2n) is 6.16. The van der Waals surface area contributed by atoms with E-state index in [1.54, 1.807) is 6.07 Å². The van der Waals surface area contributed by atoms with Crippen LogP contribution in [0, 0.1) is 15.9 Å². The molecule has 0 atom stereocenters. The fraction of sp³-hybridized carbons (Fsp3) is 0.0556. The Balaban J connectivity index is 1.66. The predicted molar refractivity (Wildman–Crippen MR) is 110 cm³/mol. The number of hydrazone groups is 1. The lowest BCUT2D eigenvalue weighted by molar-refractivity contribution is -0.386. The Hall–Kier alpha value is -4.88. The summed E-state index contributed by atoms with van der Waals surface area (Å²) in [6, 6.07) is 8.39. The number of phenols is 1. The van der Waals surface area contributed by atoms with Crippen molar-refractivity contribution in [2.75, 3.05) is 17.9 Å². The molecule has 0 saturated heterocycles. The Morgan fingerprint density at radius 3 is 2.62 bits per heavy atom. The standard InChI is InChI=1S/C18H13FN8O5/c1-31-13-7-9(6-12(14(13)28)27(29)30)8-20-24-16-15(21-11-5-3-2-4-10(11)19)22-17-18(23-16)26-32-25-17/h2-8,28H,1H3,(H,21,22,25)(H,23,24,26)/b20-8+. The minimum atomic E-state index is -0.754. The zero-order chi connectivity index (χ0) is 22.7. The van der Waals surface area contributed by atoms with Crippen LogP contribution in [0.2, 0.25) is 0 Å². The van der Waals surface area contributed by atoms with Crippen LogP contribution in [0.25, 0.3) is 11.3 Å². The Morgan fingerprint density at radius 1 is 1.22 bits per heavy atom. The van der Waals surface area contributed by atoms with Crippen molar-refractivity contribution in [2.45, 2.75) is 0 Å². The maximum atomic E-state index is 14.0. The average Bonchev–Trinajstić information content (AvgIpc) is 3.23. The molecule has 2 aromatic heterocycles. The molecule has 0 bridgehead atoms. The molecule has 0 radical (unpaired) electrons. The summed E-state index contributed by atoms with van der Waals surface area (Å²) in [6.45, 7) is 0. The second kappa shape index (κ2) is 8.47. The Labute approximate surface area is 177 Å². The molecule has 0 fully saturated rings. The molecule has 32 heavy (non-hydrogen) atoms. The Kier molecular flexibility index (Phi) is 5.40. The summed E-state index contributed by atoms with van der Waals surface area (Å²) in [6.07, 6.45) is 1.23.